The van der Waals surface area contributed by atoms with Crippen LogP contribution < -0.4 is 10.9 Å². The van der Waals surface area contributed by atoms with Crippen molar-refractivity contribution < 1.29 is 0 Å². The summed E-state index contributed by atoms with van der Waals surface area (Å²) in [7, 11) is 0. The molecule has 3 aromatic rings. The number of halogens is 3. The Kier molecular flexibility index (Phi) is 4.81. The van der Waals surface area contributed by atoms with Crippen LogP contribution in [0.2, 0.25) is 15.2 Å². The third-order valence-electron chi connectivity index (χ3n) is 2.85. The molecule has 2 aromatic heterocycles. The molecule has 2 heterocycles. The van der Waals surface area contributed by atoms with Crippen LogP contribution in [0.3, 0.4) is 0 Å². The fourth-order valence-electron chi connectivity index (χ4n) is 1.81. The number of hydrogen-bond acceptors (Lipinski definition) is 5. The van der Waals surface area contributed by atoms with Crippen LogP contribution in [0.25, 0.3) is 11.5 Å². The fraction of sp³-hybridized carbons (Fsp3) is 0. The normalized spacial score (nSPS) is 10.4. The summed E-state index contributed by atoms with van der Waals surface area (Å²) in [6, 6.07) is 12.2. The van der Waals surface area contributed by atoms with Gasteiger partial charge in [0.25, 0.3) is 0 Å². The second kappa shape index (κ2) is 7.00. The van der Waals surface area contributed by atoms with Crippen LogP contribution in [0, 0.1) is 0 Å². The summed E-state index contributed by atoms with van der Waals surface area (Å²) in [5.41, 5.74) is 7.17. The molecule has 0 unspecified atom stereocenters. The monoisotopic (exact) mass is 365 g/mol. The molecule has 5 nitrogen and oxygen atoms in total. The zero-order valence-electron chi connectivity index (χ0n) is 11.6. The molecule has 0 radical (unpaired) electrons. The topological polar surface area (TPSA) is 62.7 Å². The van der Waals surface area contributed by atoms with Gasteiger partial charge < -0.3 is 0 Å². The largest absolute Gasteiger partial charge is 0.298 e. The molecule has 0 fully saturated rings. The molecule has 1 aromatic carbocycles. The number of nitrogens with one attached hydrogen (secondary N) is 2. The van der Waals surface area contributed by atoms with Gasteiger partial charge in [0.1, 0.15) is 16.7 Å². The highest BCUT2D eigenvalue weighted by molar-refractivity contribution is 6.36. The van der Waals surface area contributed by atoms with Crippen LogP contribution in [-0.4, -0.2) is 15.0 Å². The van der Waals surface area contributed by atoms with E-state index in [0.29, 0.717) is 38.2 Å². The molecule has 23 heavy (non-hydrogen) atoms. The van der Waals surface area contributed by atoms with Crippen molar-refractivity contribution in [2.75, 3.05) is 10.9 Å². The minimum atomic E-state index is 0.298. The highest BCUT2D eigenvalue weighted by Crippen LogP contribution is 2.25. The minimum absolute atomic E-state index is 0.298. The summed E-state index contributed by atoms with van der Waals surface area (Å²) in [5, 5.41) is 1.34. The van der Waals surface area contributed by atoms with E-state index in [4.69, 9.17) is 34.8 Å². The van der Waals surface area contributed by atoms with E-state index in [2.05, 4.69) is 25.8 Å². The molecule has 2 N–H and O–H groups in total. The SMILES string of the molecule is Clc1ccc(NNc2cc(Cl)nc(-c3ccccn3)n2)c(Cl)c1. The van der Waals surface area contributed by atoms with E-state index >= 15 is 0 Å². The van der Waals surface area contributed by atoms with Crippen molar-refractivity contribution in [1.82, 2.24) is 15.0 Å². The lowest BCUT2D eigenvalue weighted by atomic mass is 10.3. The third-order valence-corrected chi connectivity index (χ3v) is 3.59. The van der Waals surface area contributed by atoms with Gasteiger partial charge in [0, 0.05) is 17.3 Å². The number of pyridine rings is 1. The number of anilines is 2. The number of benzene rings is 1. The predicted octanol–water partition coefficient (Wildman–Crippen LogP) is 4.94. The molecule has 0 spiro atoms. The number of rotatable bonds is 4. The summed E-state index contributed by atoms with van der Waals surface area (Å²) in [5.74, 6) is 0.904. The van der Waals surface area contributed by atoms with Gasteiger partial charge in [-0.3, -0.25) is 15.8 Å². The highest BCUT2D eigenvalue weighted by atomic mass is 35.5. The predicted molar refractivity (Wildman–Crippen MR) is 94.0 cm³/mol. The Morgan fingerprint density at radius 1 is 0.870 bits per heavy atom. The summed E-state index contributed by atoms with van der Waals surface area (Å²) in [4.78, 5) is 12.7. The fourth-order valence-corrected chi connectivity index (χ4v) is 2.45. The molecule has 0 atom stereocenters. The van der Waals surface area contributed by atoms with E-state index in [9.17, 15) is 0 Å². The van der Waals surface area contributed by atoms with Gasteiger partial charge in [0.2, 0.25) is 0 Å². The molecule has 0 aliphatic carbocycles. The second-order valence-corrected chi connectivity index (χ2v) is 5.72. The van der Waals surface area contributed by atoms with Gasteiger partial charge in [-0.15, -0.1) is 0 Å². The Morgan fingerprint density at radius 2 is 1.74 bits per heavy atom. The molecule has 0 saturated heterocycles. The van der Waals surface area contributed by atoms with E-state index < -0.39 is 0 Å². The van der Waals surface area contributed by atoms with Crippen molar-refractivity contribution in [3.63, 3.8) is 0 Å². The van der Waals surface area contributed by atoms with Gasteiger partial charge in [-0.25, -0.2) is 9.97 Å². The molecule has 3 rings (SSSR count). The molecule has 0 bridgehead atoms. The van der Waals surface area contributed by atoms with Gasteiger partial charge in [0.15, 0.2) is 5.82 Å². The molecule has 0 amide bonds. The van der Waals surface area contributed by atoms with E-state index in [1.54, 1.807) is 36.5 Å². The van der Waals surface area contributed by atoms with E-state index in [-0.39, 0.29) is 0 Å². The first-order valence-electron chi connectivity index (χ1n) is 6.55. The summed E-state index contributed by atoms with van der Waals surface area (Å²) >= 11 is 18.0. The maximum Gasteiger partial charge on any atom is 0.181 e. The van der Waals surface area contributed by atoms with Gasteiger partial charge in [-0.1, -0.05) is 40.9 Å². The smallest absolute Gasteiger partial charge is 0.181 e. The van der Waals surface area contributed by atoms with E-state index in [0.717, 1.165) is 0 Å². The van der Waals surface area contributed by atoms with Crippen molar-refractivity contribution >= 4 is 46.3 Å². The first-order valence-corrected chi connectivity index (χ1v) is 7.68. The van der Waals surface area contributed by atoms with Gasteiger partial charge in [-0.2, -0.15) is 0 Å². The molecule has 0 aliphatic heterocycles. The Balaban J connectivity index is 1.82. The number of aromatic nitrogens is 3. The first kappa shape index (κ1) is 15.8. The number of nitrogens with zero attached hydrogens (tertiary/aromatic N) is 3. The van der Waals surface area contributed by atoms with Crippen LogP contribution in [-0.2, 0) is 0 Å². The summed E-state index contributed by atoms with van der Waals surface area (Å²) in [6.07, 6.45) is 1.67. The van der Waals surface area contributed by atoms with Crippen molar-refractivity contribution in [2.24, 2.45) is 0 Å². The standard InChI is InChI=1S/C15H10Cl3N5/c16-9-4-5-11(10(17)7-9)22-23-14-8-13(18)20-15(21-14)12-3-1-2-6-19-12/h1-8,22H,(H,20,21,23). The van der Waals surface area contributed by atoms with Gasteiger partial charge in [0.05, 0.1) is 10.7 Å². The van der Waals surface area contributed by atoms with Crippen LogP contribution in [0.4, 0.5) is 11.5 Å². The van der Waals surface area contributed by atoms with E-state index in [1.165, 1.54) is 0 Å². The Morgan fingerprint density at radius 3 is 2.48 bits per heavy atom. The summed E-state index contributed by atoms with van der Waals surface area (Å²) in [6.45, 7) is 0. The first-order chi connectivity index (χ1) is 11.1. The average molecular weight is 367 g/mol. The maximum absolute atomic E-state index is 6.10. The van der Waals surface area contributed by atoms with Gasteiger partial charge >= 0.3 is 0 Å². The lowest BCUT2D eigenvalue weighted by molar-refractivity contribution is 1.13. The lowest BCUT2D eigenvalue weighted by Crippen LogP contribution is -2.11. The minimum Gasteiger partial charge on any atom is -0.298 e. The Bertz CT molecular complexity index is 827. The molecule has 0 saturated carbocycles. The Labute approximate surface area is 147 Å². The molecule has 0 aliphatic rings. The molecule has 8 heteroatoms. The van der Waals surface area contributed by atoms with Crippen molar-refractivity contribution in [2.45, 2.75) is 0 Å². The average Bonchev–Trinajstić information content (AvgIpc) is 2.54. The van der Waals surface area contributed by atoms with Crippen molar-refractivity contribution in [3.05, 3.63) is 63.9 Å². The summed E-state index contributed by atoms with van der Waals surface area (Å²) < 4.78 is 0. The molecular formula is C15H10Cl3N5. The van der Waals surface area contributed by atoms with Crippen LogP contribution in [0.15, 0.2) is 48.7 Å². The second-order valence-electron chi connectivity index (χ2n) is 4.49. The quantitative estimate of drug-likeness (QED) is 0.506. The van der Waals surface area contributed by atoms with E-state index in [1.807, 2.05) is 12.1 Å². The maximum atomic E-state index is 6.10. The third kappa shape index (κ3) is 4.01. The zero-order valence-corrected chi connectivity index (χ0v) is 13.9. The van der Waals surface area contributed by atoms with Crippen molar-refractivity contribution in [3.8, 4) is 11.5 Å². The molecular weight excluding hydrogens is 357 g/mol. The zero-order chi connectivity index (χ0) is 16.2. The van der Waals surface area contributed by atoms with Crippen LogP contribution >= 0.6 is 34.8 Å². The highest BCUT2D eigenvalue weighted by Gasteiger charge is 2.07. The van der Waals surface area contributed by atoms with Crippen LogP contribution in [0.1, 0.15) is 0 Å². The molecule has 116 valence electrons. The van der Waals surface area contributed by atoms with Gasteiger partial charge in [-0.05, 0) is 30.3 Å². The number of hydrazine groups is 1. The lowest BCUT2D eigenvalue weighted by Gasteiger charge is -2.11. The number of hydrogen-bond donors (Lipinski definition) is 2. The van der Waals surface area contributed by atoms with Crippen molar-refractivity contribution in [1.29, 1.82) is 0 Å². The van der Waals surface area contributed by atoms with Crippen LogP contribution in [0.5, 0.6) is 0 Å². The Hall–Kier alpha value is -2.08.